The molecule has 1 aromatic heterocycles. The lowest BCUT2D eigenvalue weighted by molar-refractivity contribution is -0.119. The summed E-state index contributed by atoms with van der Waals surface area (Å²) in [4.78, 5) is 44.3. The van der Waals surface area contributed by atoms with Crippen LogP contribution >= 0.6 is 11.3 Å². The fourth-order valence-corrected chi connectivity index (χ4v) is 6.84. The fraction of sp³-hybridized carbons (Fsp3) is 0.419. The van der Waals surface area contributed by atoms with E-state index in [1.54, 1.807) is 27.4 Å². The van der Waals surface area contributed by atoms with Crippen molar-refractivity contribution in [1.29, 1.82) is 0 Å². The average molecular weight is 593 g/mol. The van der Waals surface area contributed by atoms with Crippen LogP contribution in [0.5, 0.6) is 17.2 Å². The Balaban J connectivity index is 1.48. The van der Waals surface area contributed by atoms with E-state index in [4.69, 9.17) is 14.2 Å². The summed E-state index contributed by atoms with van der Waals surface area (Å²) in [6.45, 7) is 1.35. The van der Waals surface area contributed by atoms with E-state index in [1.165, 1.54) is 35.6 Å². The first-order chi connectivity index (χ1) is 20.3. The number of amides is 2. The molecule has 0 fully saturated rings. The zero-order valence-corrected chi connectivity index (χ0v) is 25.2. The predicted molar refractivity (Wildman–Crippen MR) is 163 cm³/mol. The third-order valence-electron chi connectivity index (χ3n) is 7.70. The highest BCUT2D eigenvalue weighted by Gasteiger charge is 2.29. The Morgan fingerprint density at radius 1 is 1.00 bits per heavy atom. The van der Waals surface area contributed by atoms with Gasteiger partial charge in [-0.05, 0) is 73.4 Å². The summed E-state index contributed by atoms with van der Waals surface area (Å²) < 4.78 is 17.0. The van der Waals surface area contributed by atoms with Crippen LogP contribution in [0.1, 0.15) is 60.3 Å². The molecule has 2 aliphatic rings. The molecule has 222 valence electrons. The van der Waals surface area contributed by atoms with E-state index in [9.17, 15) is 14.4 Å². The van der Waals surface area contributed by atoms with Crippen molar-refractivity contribution in [1.82, 2.24) is 10.3 Å². The summed E-state index contributed by atoms with van der Waals surface area (Å²) in [5, 5.41) is 9.47. The van der Waals surface area contributed by atoms with Gasteiger partial charge in [-0.2, -0.15) is 0 Å². The number of fused-ring (bicyclic) bond motifs is 4. The van der Waals surface area contributed by atoms with Gasteiger partial charge in [0.05, 0.1) is 45.3 Å². The molecule has 2 aliphatic carbocycles. The minimum Gasteiger partial charge on any atom is -0.493 e. The molecule has 1 atom stereocenters. The van der Waals surface area contributed by atoms with Gasteiger partial charge in [-0.1, -0.05) is 12.5 Å². The number of rotatable bonds is 8. The maximum atomic E-state index is 13.5. The maximum Gasteiger partial charge on any atom is 0.245 e. The highest BCUT2D eigenvalue weighted by Crippen LogP contribution is 2.50. The number of carbonyl (C=O) groups is 2. The molecule has 0 radical (unpaired) electrons. The van der Waals surface area contributed by atoms with Crippen molar-refractivity contribution < 1.29 is 23.8 Å². The number of ether oxygens (including phenoxy) is 3. The molecule has 0 bridgehead atoms. The van der Waals surface area contributed by atoms with Gasteiger partial charge in [0, 0.05) is 17.4 Å². The highest BCUT2D eigenvalue weighted by molar-refractivity contribution is 7.15. The summed E-state index contributed by atoms with van der Waals surface area (Å²) in [5.41, 5.74) is 4.12. The van der Waals surface area contributed by atoms with E-state index in [2.05, 4.69) is 20.9 Å². The number of hydrogen-bond acceptors (Lipinski definition) is 9. The summed E-state index contributed by atoms with van der Waals surface area (Å²) in [5.74, 6) is 0.957. The lowest BCUT2D eigenvalue weighted by atomic mass is 9.95. The number of benzene rings is 1. The lowest BCUT2D eigenvalue weighted by Crippen LogP contribution is -2.27. The number of nitrogens with zero attached hydrogens (tertiary/aromatic N) is 1. The highest BCUT2D eigenvalue weighted by atomic mass is 32.1. The van der Waals surface area contributed by atoms with Gasteiger partial charge in [-0.25, -0.2) is 4.98 Å². The van der Waals surface area contributed by atoms with E-state index >= 15 is 0 Å². The molecule has 42 heavy (non-hydrogen) atoms. The minimum atomic E-state index is -0.414. The largest absolute Gasteiger partial charge is 0.493 e. The topological polar surface area (TPSA) is 128 Å². The zero-order chi connectivity index (χ0) is 29.8. The Morgan fingerprint density at radius 3 is 2.52 bits per heavy atom. The van der Waals surface area contributed by atoms with Gasteiger partial charge in [0.15, 0.2) is 16.6 Å². The first-order valence-corrected chi connectivity index (χ1v) is 14.9. The molecular weight excluding hydrogens is 556 g/mol. The molecule has 0 aliphatic heterocycles. The van der Waals surface area contributed by atoms with Crippen molar-refractivity contribution in [3.63, 3.8) is 0 Å². The lowest BCUT2D eigenvalue weighted by Gasteiger charge is -2.19. The zero-order valence-electron chi connectivity index (χ0n) is 24.3. The van der Waals surface area contributed by atoms with Crippen LogP contribution in [0.2, 0.25) is 0 Å². The summed E-state index contributed by atoms with van der Waals surface area (Å²) in [7, 11) is 4.66. The van der Waals surface area contributed by atoms with Gasteiger partial charge in [-0.15, -0.1) is 11.3 Å². The molecule has 0 spiro atoms. The van der Waals surface area contributed by atoms with Crippen molar-refractivity contribution >= 4 is 34.0 Å². The maximum absolute atomic E-state index is 13.5. The van der Waals surface area contributed by atoms with Crippen LogP contribution in [0, 0.1) is 0 Å². The van der Waals surface area contributed by atoms with Gasteiger partial charge in [0.25, 0.3) is 0 Å². The van der Waals surface area contributed by atoms with Gasteiger partial charge in [0.1, 0.15) is 0 Å². The number of carbonyl (C=O) groups excluding carboxylic acids is 2. The molecule has 0 saturated carbocycles. The van der Waals surface area contributed by atoms with Crippen LogP contribution in [0.15, 0.2) is 29.1 Å². The molecule has 2 amide bonds. The first kappa shape index (κ1) is 29.4. The van der Waals surface area contributed by atoms with Crippen LogP contribution in [-0.4, -0.2) is 44.7 Å². The standard InChI is InChI=1S/C31H36N4O6S/c1-17(36)33-21-12-10-18-14-25(39-2)29(40-3)30(41-4)28(18)19-11-13-22(24(37)15-20(19)21)32-16-27(38)35-31-34-23-8-6-5-7-9-26(23)42-31/h11,13-15,21H,5-10,12,16H2,1-4H3,(H,32,37)(H,33,36)(H,34,35,38)/t21-/m0/s1. The van der Waals surface area contributed by atoms with Gasteiger partial charge < -0.3 is 30.2 Å². The Hall–Kier alpha value is -4.12. The second-order valence-corrected chi connectivity index (χ2v) is 11.5. The number of nitrogens with one attached hydrogen (secondary N) is 3. The van der Waals surface area contributed by atoms with Crippen molar-refractivity contribution in [2.45, 2.75) is 57.9 Å². The van der Waals surface area contributed by atoms with E-state index in [0.29, 0.717) is 40.8 Å². The van der Waals surface area contributed by atoms with Crippen molar-refractivity contribution in [2.75, 3.05) is 38.5 Å². The number of methoxy groups -OCH3 is 3. The number of anilines is 2. The van der Waals surface area contributed by atoms with Crippen LogP contribution in [0.4, 0.5) is 10.8 Å². The van der Waals surface area contributed by atoms with Crippen LogP contribution in [0.25, 0.3) is 11.1 Å². The smallest absolute Gasteiger partial charge is 0.245 e. The molecule has 1 heterocycles. The minimum absolute atomic E-state index is 0.103. The van der Waals surface area contributed by atoms with Crippen LogP contribution in [-0.2, 0) is 28.9 Å². The molecule has 3 aromatic rings. The van der Waals surface area contributed by atoms with Crippen LogP contribution < -0.4 is 35.6 Å². The number of hydrogen-bond donors (Lipinski definition) is 3. The van der Waals surface area contributed by atoms with Crippen molar-refractivity contribution in [3.05, 3.63) is 56.2 Å². The molecule has 0 unspecified atom stereocenters. The van der Waals surface area contributed by atoms with E-state index in [0.717, 1.165) is 48.1 Å². The SMILES string of the molecule is COc1cc2c(c(OC)c1OC)-c1ccc(NCC(=O)Nc3nc4c(s3)CCCCC4)c(=O)cc1[C@@H](NC(C)=O)CC2. The van der Waals surface area contributed by atoms with Gasteiger partial charge in [0.2, 0.25) is 23.0 Å². The first-order valence-electron chi connectivity index (χ1n) is 14.1. The molecular formula is C31H36N4O6S. The average Bonchev–Trinajstić information content (AvgIpc) is 3.08. The summed E-state index contributed by atoms with van der Waals surface area (Å²) >= 11 is 1.53. The Kier molecular flexibility index (Phi) is 8.96. The monoisotopic (exact) mass is 592 g/mol. The van der Waals surface area contributed by atoms with Crippen LogP contribution in [0.3, 0.4) is 0 Å². The Labute approximate surface area is 248 Å². The van der Waals surface area contributed by atoms with Gasteiger partial charge in [-0.3, -0.25) is 14.4 Å². The number of aryl methyl sites for hydroxylation is 3. The molecule has 5 rings (SSSR count). The van der Waals surface area contributed by atoms with Crippen molar-refractivity contribution in [2.24, 2.45) is 0 Å². The predicted octanol–water partition coefficient (Wildman–Crippen LogP) is 4.64. The van der Waals surface area contributed by atoms with Gasteiger partial charge >= 0.3 is 0 Å². The molecule has 2 aromatic carbocycles. The molecule has 0 saturated heterocycles. The van der Waals surface area contributed by atoms with E-state index in [1.807, 2.05) is 12.1 Å². The summed E-state index contributed by atoms with van der Waals surface area (Å²) in [6, 6.07) is 6.50. The number of aromatic nitrogens is 1. The quantitative estimate of drug-likeness (QED) is 0.323. The Morgan fingerprint density at radius 2 is 1.79 bits per heavy atom. The molecule has 11 heteroatoms. The normalized spacial score (nSPS) is 15.6. The third-order valence-corrected chi connectivity index (χ3v) is 8.77. The van der Waals surface area contributed by atoms with E-state index < -0.39 is 6.04 Å². The second kappa shape index (κ2) is 12.8. The third kappa shape index (κ3) is 6.06. The van der Waals surface area contributed by atoms with Crippen molar-refractivity contribution in [3.8, 4) is 28.4 Å². The Bertz CT molecular complexity index is 1550. The number of thiazole rings is 1. The summed E-state index contributed by atoms with van der Waals surface area (Å²) in [6.07, 6.45) is 6.57. The molecule has 10 nitrogen and oxygen atoms in total. The molecule has 3 N–H and O–H groups in total. The second-order valence-electron chi connectivity index (χ2n) is 10.4. The fourth-order valence-electron chi connectivity index (χ4n) is 5.77. The van der Waals surface area contributed by atoms with E-state index in [-0.39, 0.29) is 29.5 Å².